The minimum atomic E-state index is 0.505. The van der Waals surface area contributed by atoms with E-state index < -0.39 is 0 Å². The molecule has 3 N–H and O–H groups in total. The smallest absolute Gasteiger partial charge is 0.237 e. The summed E-state index contributed by atoms with van der Waals surface area (Å²) in [5.74, 6) is 0.505. The molecule has 0 radical (unpaired) electrons. The van der Waals surface area contributed by atoms with Crippen LogP contribution in [0.3, 0.4) is 0 Å². The number of nitrogens with two attached hydrogens (primary N) is 1. The van der Waals surface area contributed by atoms with Crippen molar-refractivity contribution in [2.75, 3.05) is 5.73 Å². The summed E-state index contributed by atoms with van der Waals surface area (Å²) in [6.07, 6.45) is 1.56. The number of aromatic nitrogens is 1. The summed E-state index contributed by atoms with van der Waals surface area (Å²) in [6.45, 7) is 0.632. The minimum absolute atomic E-state index is 0.505. The Labute approximate surface area is 94.0 Å². The standard InChI is InChI=1S/C12H13N3O/c13-11-6-7-12(14-9-11)16-15-8-10-4-2-1-3-5-10/h1-7,9,15H,8,13H2. The van der Waals surface area contributed by atoms with E-state index >= 15 is 0 Å². The van der Waals surface area contributed by atoms with Gasteiger partial charge >= 0.3 is 0 Å². The Bertz CT molecular complexity index is 428. The predicted octanol–water partition coefficient (Wildman–Crippen LogP) is 1.75. The molecule has 0 bridgehead atoms. The molecule has 1 aromatic heterocycles. The molecule has 0 aliphatic heterocycles. The maximum atomic E-state index is 5.51. The van der Waals surface area contributed by atoms with Crippen molar-refractivity contribution in [3.8, 4) is 5.88 Å². The fourth-order valence-electron chi connectivity index (χ4n) is 1.24. The maximum Gasteiger partial charge on any atom is 0.237 e. The van der Waals surface area contributed by atoms with Crippen molar-refractivity contribution in [2.45, 2.75) is 6.54 Å². The molecule has 0 spiro atoms. The van der Waals surface area contributed by atoms with Crippen LogP contribution in [0.1, 0.15) is 5.56 Å². The Balaban J connectivity index is 1.82. The van der Waals surface area contributed by atoms with Gasteiger partial charge in [0.15, 0.2) is 0 Å². The van der Waals surface area contributed by atoms with Crippen molar-refractivity contribution in [2.24, 2.45) is 0 Å². The quantitative estimate of drug-likeness (QED) is 0.763. The molecule has 1 aromatic carbocycles. The summed E-state index contributed by atoms with van der Waals surface area (Å²) in [5.41, 5.74) is 10.1. The lowest BCUT2D eigenvalue weighted by atomic mass is 10.2. The first-order valence-corrected chi connectivity index (χ1v) is 5.00. The fraction of sp³-hybridized carbons (Fsp3) is 0.0833. The number of hydrogen-bond donors (Lipinski definition) is 2. The summed E-state index contributed by atoms with van der Waals surface area (Å²) >= 11 is 0. The van der Waals surface area contributed by atoms with Crippen molar-refractivity contribution >= 4 is 5.69 Å². The zero-order valence-corrected chi connectivity index (χ0v) is 8.76. The van der Waals surface area contributed by atoms with Crippen molar-refractivity contribution in [1.82, 2.24) is 10.5 Å². The normalized spacial score (nSPS) is 10.0. The first-order chi connectivity index (χ1) is 7.84. The van der Waals surface area contributed by atoms with Crippen LogP contribution < -0.4 is 16.1 Å². The highest BCUT2D eigenvalue weighted by Crippen LogP contribution is 2.07. The zero-order valence-electron chi connectivity index (χ0n) is 8.76. The number of nitrogens with one attached hydrogen (secondary N) is 1. The lowest BCUT2D eigenvalue weighted by molar-refractivity contribution is 0.182. The van der Waals surface area contributed by atoms with Gasteiger partial charge in [-0.3, -0.25) is 0 Å². The summed E-state index contributed by atoms with van der Waals surface area (Å²) in [6, 6.07) is 13.4. The average Bonchev–Trinajstić information content (AvgIpc) is 2.33. The first-order valence-electron chi connectivity index (χ1n) is 5.00. The lowest BCUT2D eigenvalue weighted by Crippen LogP contribution is -2.18. The number of hydrogen-bond acceptors (Lipinski definition) is 4. The van der Waals surface area contributed by atoms with Crippen LogP contribution in [0.4, 0.5) is 5.69 Å². The molecule has 16 heavy (non-hydrogen) atoms. The summed E-state index contributed by atoms with van der Waals surface area (Å²) in [4.78, 5) is 9.25. The molecule has 0 atom stereocenters. The van der Waals surface area contributed by atoms with Crippen LogP contribution in [0.25, 0.3) is 0 Å². The van der Waals surface area contributed by atoms with Gasteiger partial charge in [-0.2, -0.15) is 5.48 Å². The molecule has 1 heterocycles. The SMILES string of the molecule is Nc1ccc(ONCc2ccccc2)nc1. The number of benzene rings is 1. The molecule has 0 aliphatic rings. The molecule has 0 amide bonds. The monoisotopic (exact) mass is 215 g/mol. The van der Waals surface area contributed by atoms with Crippen LogP contribution in [0.5, 0.6) is 5.88 Å². The van der Waals surface area contributed by atoms with Crippen molar-refractivity contribution in [3.05, 3.63) is 54.2 Å². The fourth-order valence-corrected chi connectivity index (χ4v) is 1.24. The lowest BCUT2D eigenvalue weighted by Gasteiger charge is -2.06. The van der Waals surface area contributed by atoms with E-state index in [1.54, 1.807) is 18.3 Å². The van der Waals surface area contributed by atoms with Crippen molar-refractivity contribution < 1.29 is 4.84 Å². The summed E-state index contributed by atoms with van der Waals surface area (Å²) < 4.78 is 0. The highest BCUT2D eigenvalue weighted by atomic mass is 16.7. The van der Waals surface area contributed by atoms with E-state index in [2.05, 4.69) is 10.5 Å². The van der Waals surface area contributed by atoms with E-state index in [0.717, 1.165) is 5.56 Å². The van der Waals surface area contributed by atoms with Gasteiger partial charge in [-0.05, 0) is 11.6 Å². The third-order valence-electron chi connectivity index (χ3n) is 2.06. The number of nitrogens with zero attached hydrogens (tertiary/aromatic N) is 1. The van der Waals surface area contributed by atoms with Crippen molar-refractivity contribution in [3.63, 3.8) is 0 Å². The number of hydroxylamine groups is 1. The van der Waals surface area contributed by atoms with Crippen LogP contribution in [-0.4, -0.2) is 4.98 Å². The number of anilines is 1. The summed E-state index contributed by atoms with van der Waals surface area (Å²) in [5, 5.41) is 0. The van der Waals surface area contributed by atoms with Gasteiger partial charge < -0.3 is 10.6 Å². The van der Waals surface area contributed by atoms with E-state index in [-0.39, 0.29) is 0 Å². The molecule has 0 unspecified atom stereocenters. The van der Waals surface area contributed by atoms with Crippen LogP contribution >= 0.6 is 0 Å². The van der Waals surface area contributed by atoms with Crippen molar-refractivity contribution in [1.29, 1.82) is 0 Å². The molecule has 0 fully saturated rings. The highest BCUT2D eigenvalue weighted by Gasteiger charge is 1.95. The van der Waals surface area contributed by atoms with Gasteiger partial charge in [0.05, 0.1) is 18.4 Å². The van der Waals surface area contributed by atoms with Crippen LogP contribution in [0.15, 0.2) is 48.7 Å². The molecular weight excluding hydrogens is 202 g/mol. The van der Waals surface area contributed by atoms with Gasteiger partial charge in [0.2, 0.25) is 5.88 Å². The molecule has 0 saturated heterocycles. The Kier molecular flexibility index (Phi) is 3.35. The van der Waals surface area contributed by atoms with Gasteiger partial charge in [0.1, 0.15) is 0 Å². The van der Waals surface area contributed by atoms with Crippen LogP contribution in [0.2, 0.25) is 0 Å². The Morgan fingerprint density at radius 2 is 1.94 bits per heavy atom. The second-order valence-corrected chi connectivity index (χ2v) is 3.34. The van der Waals surface area contributed by atoms with Gasteiger partial charge in [-0.25, -0.2) is 4.98 Å². The van der Waals surface area contributed by atoms with Gasteiger partial charge in [0.25, 0.3) is 0 Å². The van der Waals surface area contributed by atoms with Crippen LogP contribution in [-0.2, 0) is 6.54 Å². The second-order valence-electron chi connectivity index (χ2n) is 3.34. The minimum Gasteiger partial charge on any atom is -0.397 e. The van der Waals surface area contributed by atoms with E-state index in [1.165, 1.54) is 0 Å². The molecular formula is C12H13N3O. The Morgan fingerprint density at radius 3 is 2.62 bits per heavy atom. The van der Waals surface area contributed by atoms with E-state index in [9.17, 15) is 0 Å². The van der Waals surface area contributed by atoms with E-state index in [1.807, 2.05) is 30.3 Å². The highest BCUT2D eigenvalue weighted by molar-refractivity contribution is 5.35. The summed E-state index contributed by atoms with van der Waals surface area (Å²) in [7, 11) is 0. The first kappa shape index (κ1) is 10.4. The third kappa shape index (κ3) is 2.96. The molecule has 82 valence electrons. The number of pyridine rings is 1. The predicted molar refractivity (Wildman–Crippen MR) is 62.6 cm³/mol. The average molecular weight is 215 g/mol. The molecule has 2 rings (SSSR count). The largest absolute Gasteiger partial charge is 0.397 e. The maximum absolute atomic E-state index is 5.51. The number of nitrogen functional groups attached to an aromatic ring is 1. The number of rotatable bonds is 4. The van der Waals surface area contributed by atoms with Crippen LogP contribution in [0, 0.1) is 0 Å². The second kappa shape index (κ2) is 5.14. The topological polar surface area (TPSA) is 60.2 Å². The Hall–Kier alpha value is -2.07. The molecule has 2 aromatic rings. The molecule has 4 heteroatoms. The third-order valence-corrected chi connectivity index (χ3v) is 2.06. The molecule has 0 saturated carbocycles. The van der Waals surface area contributed by atoms with Gasteiger partial charge in [0, 0.05) is 6.07 Å². The Morgan fingerprint density at radius 1 is 1.12 bits per heavy atom. The van der Waals surface area contributed by atoms with Gasteiger partial charge in [-0.15, -0.1) is 0 Å². The van der Waals surface area contributed by atoms with E-state index in [0.29, 0.717) is 18.1 Å². The van der Waals surface area contributed by atoms with E-state index in [4.69, 9.17) is 10.6 Å². The van der Waals surface area contributed by atoms with Gasteiger partial charge in [-0.1, -0.05) is 30.3 Å². The molecule has 0 aliphatic carbocycles. The zero-order chi connectivity index (χ0) is 11.2. The molecule has 4 nitrogen and oxygen atoms in total.